The van der Waals surface area contributed by atoms with Gasteiger partial charge in [-0.2, -0.15) is 0 Å². The third-order valence-electron chi connectivity index (χ3n) is 3.06. The quantitative estimate of drug-likeness (QED) is 0.526. The average molecular weight is 344 g/mol. The highest BCUT2D eigenvalue weighted by atomic mass is 32.2. The number of anilines is 1. The lowest BCUT2D eigenvalue weighted by atomic mass is 10.1. The molecule has 3 N–H and O–H groups in total. The van der Waals surface area contributed by atoms with Gasteiger partial charge in [0.1, 0.15) is 21.6 Å². The van der Waals surface area contributed by atoms with Gasteiger partial charge in [-0.05, 0) is 24.6 Å². The molecule has 0 heterocycles. The molecule has 9 heteroatoms. The first-order chi connectivity index (χ1) is 10.7. The van der Waals surface area contributed by atoms with E-state index in [0.717, 1.165) is 13.4 Å². The maximum atomic E-state index is 12.2. The van der Waals surface area contributed by atoms with Crippen LogP contribution in [0.3, 0.4) is 0 Å². The molecule has 0 aromatic heterocycles. The molecule has 1 rings (SSSR count). The van der Waals surface area contributed by atoms with E-state index in [4.69, 9.17) is 10.5 Å². The molecule has 0 bridgehead atoms. The van der Waals surface area contributed by atoms with Gasteiger partial charge in [-0.15, -0.1) is 0 Å². The van der Waals surface area contributed by atoms with Crippen LogP contribution in [-0.2, 0) is 19.4 Å². The molecule has 0 saturated heterocycles. The topological polar surface area (TPSA) is 125 Å². The van der Waals surface area contributed by atoms with Crippen LogP contribution in [0.25, 0.3) is 0 Å². The van der Waals surface area contributed by atoms with Crippen LogP contribution in [0.2, 0.25) is 0 Å². The van der Waals surface area contributed by atoms with Crippen molar-refractivity contribution in [3.05, 3.63) is 23.8 Å². The molecule has 1 aromatic carbocycles. The number of rotatable bonds is 7. The van der Waals surface area contributed by atoms with Crippen molar-refractivity contribution in [2.45, 2.75) is 12.5 Å². The van der Waals surface area contributed by atoms with Crippen molar-refractivity contribution in [3.63, 3.8) is 0 Å². The van der Waals surface area contributed by atoms with E-state index in [1.165, 1.54) is 25.3 Å². The highest BCUT2D eigenvalue weighted by Gasteiger charge is 2.24. The Balaban J connectivity index is 2.90. The van der Waals surface area contributed by atoms with Gasteiger partial charge >= 0.3 is 5.97 Å². The maximum absolute atomic E-state index is 12.2. The normalized spacial score (nSPS) is 12.3. The molecule has 23 heavy (non-hydrogen) atoms. The predicted octanol–water partition coefficient (Wildman–Crippen LogP) is -0.0165. The molecule has 0 spiro atoms. The molecule has 0 saturated carbocycles. The molecule has 0 aliphatic heterocycles. The predicted molar refractivity (Wildman–Crippen MR) is 85.0 cm³/mol. The molecule has 8 nitrogen and oxygen atoms in total. The molecule has 0 aliphatic carbocycles. The summed E-state index contributed by atoms with van der Waals surface area (Å²) in [7, 11) is -0.699. The third-order valence-corrected chi connectivity index (χ3v) is 4.04. The standard InChI is InChI=1S/C14H20N2O6S/c1-21-12-8-9(4-5-10(12)15)13(17)16-11(14(18)22-2)6-7-23(3,19)20/h4-5,8,11H,6-7,15H2,1-3H3,(H,16,17). The largest absolute Gasteiger partial charge is 0.495 e. The Labute approximate surface area is 134 Å². The average Bonchev–Trinajstić information content (AvgIpc) is 2.49. The van der Waals surface area contributed by atoms with E-state index in [0.29, 0.717) is 11.4 Å². The fourth-order valence-electron chi connectivity index (χ4n) is 1.82. The number of carbonyl (C=O) groups is 2. The summed E-state index contributed by atoms with van der Waals surface area (Å²) in [4.78, 5) is 23.9. The highest BCUT2D eigenvalue weighted by molar-refractivity contribution is 7.90. The first-order valence-electron chi connectivity index (χ1n) is 6.68. The molecule has 0 radical (unpaired) electrons. The number of amides is 1. The van der Waals surface area contributed by atoms with Crippen molar-refractivity contribution >= 4 is 27.4 Å². The minimum atomic E-state index is -3.27. The van der Waals surface area contributed by atoms with Crippen LogP contribution in [0.5, 0.6) is 5.75 Å². The van der Waals surface area contributed by atoms with E-state index in [1.807, 2.05) is 0 Å². The molecule has 1 aromatic rings. The Morgan fingerprint density at radius 1 is 1.30 bits per heavy atom. The summed E-state index contributed by atoms with van der Waals surface area (Å²) >= 11 is 0. The number of hydrogen-bond donors (Lipinski definition) is 2. The maximum Gasteiger partial charge on any atom is 0.328 e. The Bertz CT molecular complexity index is 687. The summed E-state index contributed by atoms with van der Waals surface area (Å²) in [6, 6.07) is 3.33. The first kappa shape index (κ1) is 18.8. The number of nitrogens with one attached hydrogen (secondary N) is 1. The fourth-order valence-corrected chi connectivity index (χ4v) is 2.48. The van der Waals surface area contributed by atoms with Gasteiger partial charge in [-0.3, -0.25) is 4.79 Å². The second kappa shape index (κ2) is 7.82. The van der Waals surface area contributed by atoms with Crippen LogP contribution in [0.4, 0.5) is 5.69 Å². The smallest absolute Gasteiger partial charge is 0.328 e. The molecule has 128 valence electrons. The Morgan fingerprint density at radius 2 is 1.96 bits per heavy atom. The lowest BCUT2D eigenvalue weighted by molar-refractivity contribution is -0.142. The fraction of sp³-hybridized carbons (Fsp3) is 0.429. The zero-order valence-electron chi connectivity index (χ0n) is 13.2. The zero-order chi connectivity index (χ0) is 17.6. The van der Waals surface area contributed by atoms with E-state index in [-0.39, 0.29) is 17.7 Å². The highest BCUT2D eigenvalue weighted by Crippen LogP contribution is 2.22. The number of nitrogen functional groups attached to an aromatic ring is 1. The monoisotopic (exact) mass is 344 g/mol. The van der Waals surface area contributed by atoms with Gasteiger partial charge in [0.15, 0.2) is 0 Å². The van der Waals surface area contributed by atoms with E-state index < -0.39 is 27.8 Å². The number of benzene rings is 1. The summed E-state index contributed by atoms with van der Waals surface area (Å²) in [6.07, 6.45) is 0.970. The Kier molecular flexibility index (Phi) is 6.38. The summed E-state index contributed by atoms with van der Waals surface area (Å²) in [5.41, 5.74) is 6.26. The van der Waals surface area contributed by atoms with Crippen molar-refractivity contribution in [1.82, 2.24) is 5.32 Å². The van der Waals surface area contributed by atoms with Crippen molar-refractivity contribution in [2.75, 3.05) is 32.0 Å². The summed E-state index contributed by atoms with van der Waals surface area (Å²) in [5, 5.41) is 2.45. The molecular weight excluding hydrogens is 324 g/mol. The van der Waals surface area contributed by atoms with Crippen molar-refractivity contribution < 1.29 is 27.5 Å². The van der Waals surface area contributed by atoms with Crippen molar-refractivity contribution in [2.24, 2.45) is 0 Å². The molecule has 0 aliphatic rings. The second-order valence-electron chi connectivity index (χ2n) is 4.92. The molecule has 0 fully saturated rings. The SMILES string of the molecule is COC(=O)C(CCS(C)(=O)=O)NC(=O)c1ccc(N)c(OC)c1. The summed E-state index contributed by atoms with van der Waals surface area (Å²) in [6.45, 7) is 0. The summed E-state index contributed by atoms with van der Waals surface area (Å²) < 4.78 is 32.1. The van der Waals surface area contributed by atoms with E-state index in [9.17, 15) is 18.0 Å². The lowest BCUT2D eigenvalue weighted by Crippen LogP contribution is -2.42. The number of carbonyl (C=O) groups excluding carboxylic acids is 2. The van der Waals surface area contributed by atoms with Crippen LogP contribution in [0, 0.1) is 0 Å². The van der Waals surface area contributed by atoms with Crippen molar-refractivity contribution in [3.8, 4) is 5.75 Å². The Hall–Kier alpha value is -2.29. The van der Waals surface area contributed by atoms with E-state index in [2.05, 4.69) is 10.1 Å². The Morgan fingerprint density at radius 3 is 2.48 bits per heavy atom. The van der Waals surface area contributed by atoms with Gasteiger partial charge in [0.05, 0.1) is 25.7 Å². The van der Waals surface area contributed by atoms with Crippen molar-refractivity contribution in [1.29, 1.82) is 0 Å². The molecular formula is C14H20N2O6S. The zero-order valence-corrected chi connectivity index (χ0v) is 14.0. The number of ether oxygens (including phenoxy) is 2. The van der Waals surface area contributed by atoms with E-state index >= 15 is 0 Å². The van der Waals surface area contributed by atoms with Gasteiger partial charge in [0, 0.05) is 11.8 Å². The third kappa shape index (κ3) is 5.78. The van der Waals surface area contributed by atoms with Crippen LogP contribution >= 0.6 is 0 Å². The second-order valence-corrected chi connectivity index (χ2v) is 7.18. The number of sulfone groups is 1. The van der Waals surface area contributed by atoms with Gasteiger partial charge < -0.3 is 20.5 Å². The van der Waals surface area contributed by atoms with Crippen LogP contribution in [-0.4, -0.2) is 52.6 Å². The van der Waals surface area contributed by atoms with Gasteiger partial charge in [0.25, 0.3) is 5.91 Å². The van der Waals surface area contributed by atoms with Gasteiger partial charge in [-0.25, -0.2) is 13.2 Å². The molecule has 1 amide bonds. The van der Waals surface area contributed by atoms with Crippen LogP contribution in [0.15, 0.2) is 18.2 Å². The minimum absolute atomic E-state index is 0.0800. The van der Waals surface area contributed by atoms with Gasteiger partial charge in [-0.1, -0.05) is 0 Å². The summed E-state index contributed by atoms with van der Waals surface area (Å²) in [5.74, 6) is -1.21. The van der Waals surface area contributed by atoms with E-state index in [1.54, 1.807) is 0 Å². The van der Waals surface area contributed by atoms with Gasteiger partial charge in [0.2, 0.25) is 0 Å². The number of methoxy groups -OCH3 is 2. The lowest BCUT2D eigenvalue weighted by Gasteiger charge is -2.16. The first-order valence-corrected chi connectivity index (χ1v) is 8.74. The van der Waals surface area contributed by atoms with Crippen LogP contribution in [0.1, 0.15) is 16.8 Å². The number of hydrogen-bond acceptors (Lipinski definition) is 7. The molecule has 1 atom stereocenters. The minimum Gasteiger partial charge on any atom is -0.495 e. The van der Waals surface area contributed by atoms with Crippen LogP contribution < -0.4 is 15.8 Å². The number of nitrogens with two attached hydrogens (primary N) is 1. The number of esters is 1. The molecule has 1 unspecified atom stereocenters.